The van der Waals surface area contributed by atoms with Crippen LogP contribution in [-0.4, -0.2) is 40.0 Å². The number of hydrogen-bond donors (Lipinski definition) is 3. The lowest BCUT2D eigenvalue weighted by atomic mass is 10.1. The predicted molar refractivity (Wildman–Crippen MR) is 75.8 cm³/mol. The number of rotatable bonds is 3. The summed E-state index contributed by atoms with van der Waals surface area (Å²) in [6, 6.07) is 4.16. The van der Waals surface area contributed by atoms with Gasteiger partial charge in [0.05, 0.1) is 11.6 Å². The van der Waals surface area contributed by atoms with Crippen LogP contribution in [0.25, 0.3) is 0 Å². The van der Waals surface area contributed by atoms with Crippen LogP contribution < -0.4 is 5.73 Å². The van der Waals surface area contributed by atoms with Crippen molar-refractivity contribution in [2.75, 3.05) is 7.05 Å². The number of amides is 1. The van der Waals surface area contributed by atoms with Crippen molar-refractivity contribution in [1.29, 1.82) is 0 Å². The summed E-state index contributed by atoms with van der Waals surface area (Å²) in [5.41, 5.74) is 5.63. The maximum atomic E-state index is 12.1. The van der Waals surface area contributed by atoms with Gasteiger partial charge in [-0.2, -0.15) is 0 Å². The zero-order valence-electron chi connectivity index (χ0n) is 9.96. The summed E-state index contributed by atoms with van der Waals surface area (Å²) in [5.74, 6) is -0.569. The van der Waals surface area contributed by atoms with E-state index in [1.807, 2.05) is 22.6 Å². The van der Waals surface area contributed by atoms with E-state index in [2.05, 4.69) is 5.16 Å². The predicted octanol–water partition coefficient (Wildman–Crippen LogP) is 1.20. The molecule has 0 aromatic heterocycles. The fourth-order valence-electron chi connectivity index (χ4n) is 1.33. The first-order valence-corrected chi connectivity index (χ1v) is 6.19. The SMILES string of the molecule is CC(/C(N)=N/O)N(C)C(=O)c1cc(I)ccc1O. The highest BCUT2D eigenvalue weighted by Crippen LogP contribution is 2.21. The molecular formula is C11H14IN3O3. The Kier molecular flexibility index (Phi) is 4.76. The number of halogens is 1. The van der Waals surface area contributed by atoms with Gasteiger partial charge in [0.2, 0.25) is 0 Å². The maximum Gasteiger partial charge on any atom is 0.258 e. The summed E-state index contributed by atoms with van der Waals surface area (Å²) in [7, 11) is 1.52. The zero-order valence-corrected chi connectivity index (χ0v) is 12.1. The molecule has 0 radical (unpaired) electrons. The molecule has 1 aromatic rings. The molecule has 1 aromatic carbocycles. The molecule has 0 heterocycles. The van der Waals surface area contributed by atoms with Gasteiger partial charge in [0.25, 0.3) is 5.91 Å². The van der Waals surface area contributed by atoms with Crippen molar-refractivity contribution in [2.45, 2.75) is 13.0 Å². The molecule has 98 valence electrons. The minimum absolute atomic E-state index is 0.0732. The van der Waals surface area contributed by atoms with Crippen molar-refractivity contribution >= 4 is 34.3 Å². The molecule has 0 saturated carbocycles. The molecule has 0 fully saturated rings. The van der Waals surface area contributed by atoms with E-state index in [0.29, 0.717) is 0 Å². The summed E-state index contributed by atoms with van der Waals surface area (Å²) in [6.07, 6.45) is 0. The van der Waals surface area contributed by atoms with Gasteiger partial charge >= 0.3 is 0 Å². The molecule has 6 nitrogen and oxygen atoms in total. The number of phenols is 1. The minimum atomic E-state index is -0.570. The van der Waals surface area contributed by atoms with E-state index in [4.69, 9.17) is 10.9 Å². The Morgan fingerprint density at radius 1 is 1.56 bits per heavy atom. The van der Waals surface area contributed by atoms with Gasteiger partial charge < -0.3 is 20.9 Å². The van der Waals surface area contributed by atoms with E-state index in [0.717, 1.165) is 3.57 Å². The van der Waals surface area contributed by atoms with Crippen LogP contribution in [-0.2, 0) is 0 Å². The lowest BCUT2D eigenvalue weighted by Gasteiger charge is -2.24. The molecule has 1 amide bonds. The molecule has 0 bridgehead atoms. The maximum absolute atomic E-state index is 12.1. The summed E-state index contributed by atoms with van der Waals surface area (Å²) in [5, 5.41) is 21.1. The summed E-state index contributed by atoms with van der Waals surface area (Å²) < 4.78 is 0.832. The normalized spacial score (nSPS) is 13.2. The van der Waals surface area contributed by atoms with E-state index in [1.54, 1.807) is 19.1 Å². The molecule has 0 aliphatic carbocycles. The molecule has 4 N–H and O–H groups in total. The van der Waals surface area contributed by atoms with Gasteiger partial charge in [-0.3, -0.25) is 4.79 Å². The van der Waals surface area contributed by atoms with Crippen LogP contribution in [0.3, 0.4) is 0 Å². The van der Waals surface area contributed by atoms with Gasteiger partial charge in [0, 0.05) is 10.6 Å². The van der Waals surface area contributed by atoms with Crippen molar-refractivity contribution in [3.05, 3.63) is 27.3 Å². The minimum Gasteiger partial charge on any atom is -0.507 e. The quantitative estimate of drug-likeness (QED) is 0.247. The largest absolute Gasteiger partial charge is 0.507 e. The summed E-state index contributed by atoms with van der Waals surface area (Å²) in [4.78, 5) is 13.4. The average Bonchev–Trinajstić information content (AvgIpc) is 2.38. The third kappa shape index (κ3) is 3.03. The number of oxime groups is 1. The zero-order chi connectivity index (χ0) is 13.9. The molecular weight excluding hydrogens is 349 g/mol. The van der Waals surface area contributed by atoms with E-state index in [-0.39, 0.29) is 17.1 Å². The van der Waals surface area contributed by atoms with Crippen LogP contribution in [0.2, 0.25) is 0 Å². The van der Waals surface area contributed by atoms with E-state index < -0.39 is 11.9 Å². The Labute approximate surface area is 118 Å². The number of nitrogens with zero attached hydrogens (tertiary/aromatic N) is 2. The highest BCUT2D eigenvalue weighted by Gasteiger charge is 2.22. The highest BCUT2D eigenvalue weighted by atomic mass is 127. The number of aromatic hydroxyl groups is 1. The molecule has 1 unspecified atom stereocenters. The Bertz CT molecular complexity index is 490. The molecule has 18 heavy (non-hydrogen) atoms. The second kappa shape index (κ2) is 5.89. The Morgan fingerprint density at radius 3 is 2.72 bits per heavy atom. The summed E-state index contributed by atoms with van der Waals surface area (Å²) in [6.45, 7) is 1.62. The Morgan fingerprint density at radius 2 is 2.17 bits per heavy atom. The fourth-order valence-corrected chi connectivity index (χ4v) is 1.82. The number of amidine groups is 1. The van der Waals surface area contributed by atoms with Gasteiger partial charge in [-0.1, -0.05) is 5.16 Å². The lowest BCUT2D eigenvalue weighted by Crippen LogP contribution is -2.43. The monoisotopic (exact) mass is 363 g/mol. The van der Waals surface area contributed by atoms with E-state index >= 15 is 0 Å². The third-order valence-corrected chi connectivity index (χ3v) is 3.30. The third-order valence-electron chi connectivity index (χ3n) is 2.63. The Balaban J connectivity index is 3.03. The number of carbonyl (C=O) groups is 1. The van der Waals surface area contributed by atoms with E-state index in [9.17, 15) is 9.90 Å². The van der Waals surface area contributed by atoms with Gasteiger partial charge in [-0.05, 0) is 47.7 Å². The topological polar surface area (TPSA) is 99.2 Å². The molecule has 0 aliphatic heterocycles. The number of hydrogen-bond acceptors (Lipinski definition) is 4. The molecule has 7 heteroatoms. The number of nitrogens with two attached hydrogens (primary N) is 1. The van der Waals surface area contributed by atoms with Crippen molar-refractivity contribution in [3.8, 4) is 5.75 Å². The van der Waals surface area contributed by atoms with Gasteiger partial charge in [0.15, 0.2) is 5.84 Å². The number of phenolic OH excluding ortho intramolecular Hbond substituents is 1. The Hall–Kier alpha value is -1.51. The van der Waals surface area contributed by atoms with Crippen molar-refractivity contribution < 1.29 is 15.1 Å². The fraction of sp³-hybridized carbons (Fsp3) is 0.273. The molecule has 1 atom stereocenters. The van der Waals surface area contributed by atoms with Crippen LogP contribution in [0.1, 0.15) is 17.3 Å². The van der Waals surface area contributed by atoms with Crippen LogP contribution in [0.4, 0.5) is 0 Å². The molecule has 0 spiro atoms. The molecule has 0 aliphatic rings. The first kappa shape index (κ1) is 14.6. The van der Waals surface area contributed by atoms with Gasteiger partial charge in [-0.15, -0.1) is 0 Å². The van der Waals surface area contributed by atoms with Crippen LogP contribution in [0.5, 0.6) is 5.75 Å². The van der Waals surface area contributed by atoms with E-state index in [1.165, 1.54) is 18.0 Å². The van der Waals surface area contributed by atoms with Crippen LogP contribution in [0, 0.1) is 3.57 Å². The van der Waals surface area contributed by atoms with Crippen LogP contribution in [0.15, 0.2) is 23.4 Å². The number of benzene rings is 1. The smallest absolute Gasteiger partial charge is 0.258 e. The number of carbonyl (C=O) groups excluding carboxylic acids is 1. The average molecular weight is 363 g/mol. The van der Waals surface area contributed by atoms with Crippen molar-refractivity contribution in [3.63, 3.8) is 0 Å². The van der Waals surface area contributed by atoms with Gasteiger partial charge in [-0.25, -0.2) is 0 Å². The molecule has 1 rings (SSSR count). The van der Waals surface area contributed by atoms with Crippen molar-refractivity contribution in [1.82, 2.24) is 4.90 Å². The van der Waals surface area contributed by atoms with Crippen LogP contribution >= 0.6 is 22.6 Å². The highest BCUT2D eigenvalue weighted by molar-refractivity contribution is 14.1. The van der Waals surface area contributed by atoms with Crippen molar-refractivity contribution in [2.24, 2.45) is 10.9 Å². The second-order valence-electron chi connectivity index (χ2n) is 3.78. The second-order valence-corrected chi connectivity index (χ2v) is 5.02. The number of likely N-dealkylation sites (N-methyl/N-ethyl adjacent to an activating group) is 1. The standard InChI is InChI=1S/C11H14IN3O3/c1-6(10(13)14-18)15(2)11(17)8-5-7(12)3-4-9(8)16/h3-6,16,18H,1-2H3,(H2,13,14). The van der Waals surface area contributed by atoms with Gasteiger partial charge in [0.1, 0.15) is 5.75 Å². The molecule has 0 saturated heterocycles. The summed E-state index contributed by atoms with van der Waals surface area (Å²) >= 11 is 2.05. The lowest BCUT2D eigenvalue weighted by molar-refractivity contribution is 0.0773. The first-order valence-electron chi connectivity index (χ1n) is 5.11. The first-order chi connectivity index (χ1) is 8.38.